The highest BCUT2D eigenvalue weighted by atomic mass is 16.7. The maximum atomic E-state index is 5.60. The Morgan fingerprint density at radius 2 is 1.80 bits per heavy atom. The summed E-state index contributed by atoms with van der Waals surface area (Å²) in [4.78, 5) is 7.08. The summed E-state index contributed by atoms with van der Waals surface area (Å²) in [6.07, 6.45) is 4.93. The second-order valence-corrected chi connectivity index (χ2v) is 7.77. The molecular formula is C23H25N3O4. The monoisotopic (exact) mass is 407 g/mol. The van der Waals surface area contributed by atoms with Crippen LogP contribution in [0.3, 0.4) is 0 Å². The van der Waals surface area contributed by atoms with Gasteiger partial charge in [-0.2, -0.15) is 4.98 Å². The summed E-state index contributed by atoms with van der Waals surface area (Å²) in [6.45, 7) is 1.73. The molecule has 7 heteroatoms. The molecule has 0 spiro atoms. The van der Waals surface area contributed by atoms with Crippen molar-refractivity contribution in [2.75, 3.05) is 13.9 Å². The van der Waals surface area contributed by atoms with Crippen LogP contribution in [-0.2, 0) is 13.1 Å². The zero-order valence-electron chi connectivity index (χ0n) is 17.0. The minimum atomic E-state index is 0.293. The van der Waals surface area contributed by atoms with Crippen molar-refractivity contribution in [3.05, 3.63) is 53.9 Å². The van der Waals surface area contributed by atoms with E-state index >= 15 is 0 Å². The van der Waals surface area contributed by atoms with E-state index in [0.29, 0.717) is 31.1 Å². The van der Waals surface area contributed by atoms with Gasteiger partial charge in [0.1, 0.15) is 5.75 Å². The van der Waals surface area contributed by atoms with Crippen LogP contribution in [-0.4, -0.2) is 35.0 Å². The Hall–Kier alpha value is -3.06. The second-order valence-electron chi connectivity index (χ2n) is 7.77. The largest absolute Gasteiger partial charge is 0.497 e. The fourth-order valence-corrected chi connectivity index (χ4v) is 4.21. The summed E-state index contributed by atoms with van der Waals surface area (Å²) in [5.41, 5.74) is 2.11. The first-order chi connectivity index (χ1) is 14.8. The number of aromatic nitrogens is 2. The molecule has 156 valence electrons. The third-order valence-corrected chi connectivity index (χ3v) is 5.82. The van der Waals surface area contributed by atoms with E-state index in [1.165, 1.54) is 31.2 Å². The molecule has 1 aliphatic heterocycles. The van der Waals surface area contributed by atoms with Crippen molar-refractivity contribution < 1.29 is 18.7 Å². The summed E-state index contributed by atoms with van der Waals surface area (Å²) < 4.78 is 21.8. The Balaban J connectivity index is 1.33. The minimum Gasteiger partial charge on any atom is -0.497 e. The number of ether oxygens (including phenoxy) is 3. The van der Waals surface area contributed by atoms with Crippen molar-refractivity contribution in [3.8, 4) is 28.6 Å². The molecule has 7 nitrogen and oxygen atoms in total. The fourth-order valence-electron chi connectivity index (χ4n) is 4.21. The van der Waals surface area contributed by atoms with Gasteiger partial charge in [-0.25, -0.2) is 0 Å². The van der Waals surface area contributed by atoms with Crippen LogP contribution < -0.4 is 14.2 Å². The van der Waals surface area contributed by atoms with E-state index in [9.17, 15) is 0 Å². The maximum absolute atomic E-state index is 5.60. The third kappa shape index (κ3) is 3.98. The first-order valence-corrected chi connectivity index (χ1v) is 10.4. The topological polar surface area (TPSA) is 69.9 Å². The van der Waals surface area contributed by atoms with Gasteiger partial charge in [0.15, 0.2) is 11.5 Å². The summed E-state index contributed by atoms with van der Waals surface area (Å²) in [6, 6.07) is 14.4. The van der Waals surface area contributed by atoms with Gasteiger partial charge in [-0.3, -0.25) is 4.90 Å². The number of methoxy groups -OCH3 is 1. The van der Waals surface area contributed by atoms with Crippen LogP contribution in [0.1, 0.15) is 37.1 Å². The SMILES string of the molecule is COc1ccc(-c2noc(CN(Cc3ccc4c(c3)OCO4)C3CCCC3)n2)cc1. The molecular weight excluding hydrogens is 382 g/mol. The summed E-state index contributed by atoms with van der Waals surface area (Å²) in [5.74, 6) is 3.67. The van der Waals surface area contributed by atoms with Gasteiger partial charge in [0, 0.05) is 18.2 Å². The van der Waals surface area contributed by atoms with Crippen LogP contribution in [0.2, 0.25) is 0 Å². The lowest BCUT2D eigenvalue weighted by Crippen LogP contribution is -2.32. The summed E-state index contributed by atoms with van der Waals surface area (Å²) >= 11 is 0. The number of rotatable bonds is 7. The Morgan fingerprint density at radius 1 is 1.00 bits per heavy atom. The van der Waals surface area contributed by atoms with Gasteiger partial charge in [0.2, 0.25) is 18.5 Å². The lowest BCUT2D eigenvalue weighted by atomic mass is 10.1. The molecule has 5 rings (SSSR count). The number of hydrogen-bond donors (Lipinski definition) is 0. The second kappa shape index (κ2) is 8.36. The first kappa shape index (κ1) is 18.9. The van der Waals surface area contributed by atoms with Crippen LogP contribution in [0.25, 0.3) is 11.4 Å². The molecule has 2 aliphatic rings. The van der Waals surface area contributed by atoms with Crippen molar-refractivity contribution in [3.63, 3.8) is 0 Å². The number of benzene rings is 2. The lowest BCUT2D eigenvalue weighted by Gasteiger charge is -2.27. The van der Waals surface area contributed by atoms with E-state index in [2.05, 4.69) is 27.2 Å². The zero-order valence-corrected chi connectivity index (χ0v) is 17.0. The molecule has 3 aromatic rings. The van der Waals surface area contributed by atoms with E-state index in [1.807, 2.05) is 30.3 Å². The molecule has 0 radical (unpaired) electrons. The molecule has 0 unspecified atom stereocenters. The van der Waals surface area contributed by atoms with Crippen LogP contribution in [0.4, 0.5) is 0 Å². The maximum Gasteiger partial charge on any atom is 0.241 e. The lowest BCUT2D eigenvalue weighted by molar-refractivity contribution is 0.157. The van der Waals surface area contributed by atoms with Gasteiger partial charge < -0.3 is 18.7 Å². The Kier molecular flexibility index (Phi) is 5.27. The molecule has 0 saturated heterocycles. The molecule has 30 heavy (non-hydrogen) atoms. The van der Waals surface area contributed by atoms with Gasteiger partial charge in [0.05, 0.1) is 13.7 Å². The molecule has 0 N–H and O–H groups in total. The molecule has 0 bridgehead atoms. The van der Waals surface area contributed by atoms with Gasteiger partial charge >= 0.3 is 0 Å². The van der Waals surface area contributed by atoms with Crippen LogP contribution in [0, 0.1) is 0 Å². The highest BCUT2D eigenvalue weighted by Gasteiger charge is 2.25. The Labute approximate surface area is 175 Å². The van der Waals surface area contributed by atoms with Gasteiger partial charge in [-0.1, -0.05) is 24.1 Å². The molecule has 0 amide bonds. The predicted molar refractivity (Wildman–Crippen MR) is 110 cm³/mol. The Morgan fingerprint density at radius 3 is 2.60 bits per heavy atom. The van der Waals surface area contributed by atoms with Crippen LogP contribution in [0.5, 0.6) is 17.2 Å². The molecule has 0 atom stereocenters. The third-order valence-electron chi connectivity index (χ3n) is 5.82. The highest BCUT2D eigenvalue weighted by Crippen LogP contribution is 2.34. The zero-order chi connectivity index (χ0) is 20.3. The normalized spacial score (nSPS) is 15.8. The summed E-state index contributed by atoms with van der Waals surface area (Å²) in [7, 11) is 1.65. The van der Waals surface area contributed by atoms with E-state index in [1.54, 1.807) is 7.11 Å². The fraction of sp³-hybridized carbons (Fsp3) is 0.391. The van der Waals surface area contributed by atoms with Crippen molar-refractivity contribution >= 4 is 0 Å². The van der Waals surface area contributed by atoms with Crippen molar-refractivity contribution in [2.45, 2.75) is 44.8 Å². The smallest absolute Gasteiger partial charge is 0.241 e. The first-order valence-electron chi connectivity index (χ1n) is 10.4. The molecule has 2 aromatic carbocycles. The van der Waals surface area contributed by atoms with Gasteiger partial charge in [-0.05, 0) is 54.8 Å². The molecule has 1 aromatic heterocycles. The average Bonchev–Trinajstić information content (AvgIpc) is 3.54. The highest BCUT2D eigenvalue weighted by molar-refractivity contribution is 5.55. The number of fused-ring (bicyclic) bond motifs is 1. The molecule has 1 fully saturated rings. The van der Waals surface area contributed by atoms with Crippen molar-refractivity contribution in [1.82, 2.24) is 15.0 Å². The average molecular weight is 407 g/mol. The van der Waals surface area contributed by atoms with E-state index in [0.717, 1.165) is 29.4 Å². The van der Waals surface area contributed by atoms with E-state index < -0.39 is 0 Å². The van der Waals surface area contributed by atoms with Crippen LogP contribution >= 0.6 is 0 Å². The Bertz CT molecular complexity index is 996. The van der Waals surface area contributed by atoms with E-state index in [-0.39, 0.29) is 0 Å². The van der Waals surface area contributed by atoms with Gasteiger partial charge in [-0.15, -0.1) is 0 Å². The number of nitrogens with zero attached hydrogens (tertiary/aromatic N) is 3. The quantitative estimate of drug-likeness (QED) is 0.574. The molecule has 1 aliphatic carbocycles. The summed E-state index contributed by atoms with van der Waals surface area (Å²) in [5, 5.41) is 4.19. The van der Waals surface area contributed by atoms with Crippen molar-refractivity contribution in [2.24, 2.45) is 0 Å². The molecule has 2 heterocycles. The van der Waals surface area contributed by atoms with Crippen molar-refractivity contribution in [1.29, 1.82) is 0 Å². The standard InChI is InChI=1S/C23H25N3O4/c1-27-19-9-7-17(8-10-19)23-24-22(30-25-23)14-26(18-4-2-3-5-18)13-16-6-11-20-21(12-16)29-15-28-20/h6-12,18H,2-5,13-15H2,1H3. The van der Waals surface area contributed by atoms with Crippen LogP contribution in [0.15, 0.2) is 47.0 Å². The van der Waals surface area contributed by atoms with E-state index in [4.69, 9.17) is 18.7 Å². The van der Waals surface area contributed by atoms with Gasteiger partial charge in [0.25, 0.3) is 0 Å². The number of hydrogen-bond acceptors (Lipinski definition) is 7. The minimum absolute atomic E-state index is 0.293. The molecule has 1 saturated carbocycles. The predicted octanol–water partition coefficient (Wildman–Crippen LogP) is 4.42.